The Kier molecular flexibility index (Phi) is 3.51. The van der Waals surface area contributed by atoms with Gasteiger partial charge in [0.15, 0.2) is 0 Å². The second-order valence-corrected chi connectivity index (χ2v) is 4.32. The van der Waals surface area contributed by atoms with E-state index in [0.717, 1.165) is 10.8 Å². The maximum absolute atomic E-state index is 12.1. The first kappa shape index (κ1) is 12.4. The minimum Gasteiger partial charge on any atom is -0.496 e. The van der Waals surface area contributed by atoms with Gasteiger partial charge in [-0.15, -0.1) is 0 Å². The molecule has 18 heavy (non-hydrogen) atoms. The Balaban J connectivity index is 2.61. The minimum atomic E-state index is -0.348. The molecule has 0 unspecified atom stereocenters. The third kappa shape index (κ3) is 2.30. The van der Waals surface area contributed by atoms with Crippen LogP contribution in [0.3, 0.4) is 0 Å². The van der Waals surface area contributed by atoms with Crippen LogP contribution in [-0.4, -0.2) is 19.2 Å². The third-order valence-electron chi connectivity index (χ3n) is 2.66. The van der Waals surface area contributed by atoms with Crippen molar-refractivity contribution in [2.24, 2.45) is 0 Å². The lowest BCUT2D eigenvalue weighted by Gasteiger charge is -2.13. The van der Waals surface area contributed by atoms with Crippen molar-refractivity contribution in [3.63, 3.8) is 0 Å². The summed E-state index contributed by atoms with van der Waals surface area (Å²) in [6.45, 7) is 3.66. The lowest BCUT2D eigenvalue weighted by Crippen LogP contribution is -2.13. The van der Waals surface area contributed by atoms with Crippen LogP contribution in [0.5, 0.6) is 5.75 Å². The van der Waals surface area contributed by atoms with Crippen molar-refractivity contribution >= 4 is 16.7 Å². The molecule has 0 aliphatic carbocycles. The lowest BCUT2D eigenvalue weighted by atomic mass is 10.0. The average Bonchev–Trinajstić information content (AvgIpc) is 2.36. The number of hydrogen-bond acceptors (Lipinski definition) is 3. The van der Waals surface area contributed by atoms with Crippen LogP contribution in [0, 0.1) is 0 Å². The molecule has 3 heteroatoms. The number of hydrogen-bond donors (Lipinski definition) is 0. The Bertz CT molecular complexity index is 573. The van der Waals surface area contributed by atoms with Gasteiger partial charge in [0, 0.05) is 0 Å². The van der Waals surface area contributed by atoms with Crippen molar-refractivity contribution in [2.75, 3.05) is 7.11 Å². The molecule has 2 rings (SSSR count). The SMILES string of the molecule is COc1ccc2ccccc2c1C(=O)OC(C)C. The summed E-state index contributed by atoms with van der Waals surface area (Å²) in [7, 11) is 1.55. The first-order chi connectivity index (χ1) is 8.63. The van der Waals surface area contributed by atoms with Crippen LogP contribution in [0.1, 0.15) is 24.2 Å². The third-order valence-corrected chi connectivity index (χ3v) is 2.66. The summed E-state index contributed by atoms with van der Waals surface area (Å²) in [5.74, 6) is 0.193. The number of methoxy groups -OCH3 is 1. The van der Waals surface area contributed by atoms with Gasteiger partial charge in [0.2, 0.25) is 0 Å². The first-order valence-electron chi connectivity index (χ1n) is 5.90. The topological polar surface area (TPSA) is 35.5 Å². The Morgan fingerprint density at radius 3 is 2.50 bits per heavy atom. The summed E-state index contributed by atoms with van der Waals surface area (Å²) in [5, 5.41) is 1.84. The molecule has 0 bridgehead atoms. The van der Waals surface area contributed by atoms with Crippen molar-refractivity contribution in [2.45, 2.75) is 20.0 Å². The van der Waals surface area contributed by atoms with Crippen molar-refractivity contribution in [3.8, 4) is 5.75 Å². The Labute approximate surface area is 106 Å². The molecule has 0 aliphatic rings. The van der Waals surface area contributed by atoms with E-state index in [0.29, 0.717) is 11.3 Å². The Morgan fingerprint density at radius 2 is 1.83 bits per heavy atom. The van der Waals surface area contributed by atoms with Crippen LogP contribution in [0.4, 0.5) is 0 Å². The molecular formula is C15H16O3. The minimum absolute atomic E-state index is 0.152. The van der Waals surface area contributed by atoms with E-state index in [1.807, 2.05) is 44.2 Å². The molecule has 0 saturated carbocycles. The van der Waals surface area contributed by atoms with Crippen molar-refractivity contribution in [3.05, 3.63) is 42.0 Å². The summed E-state index contributed by atoms with van der Waals surface area (Å²) < 4.78 is 10.5. The smallest absolute Gasteiger partial charge is 0.342 e. The second kappa shape index (κ2) is 5.08. The average molecular weight is 244 g/mol. The van der Waals surface area contributed by atoms with Gasteiger partial charge in [-0.05, 0) is 30.7 Å². The summed E-state index contributed by atoms with van der Waals surface area (Å²) >= 11 is 0. The zero-order valence-corrected chi connectivity index (χ0v) is 10.8. The molecule has 0 fully saturated rings. The molecule has 0 N–H and O–H groups in total. The number of fused-ring (bicyclic) bond motifs is 1. The second-order valence-electron chi connectivity index (χ2n) is 4.32. The van der Waals surface area contributed by atoms with Crippen LogP contribution in [0.2, 0.25) is 0 Å². The molecule has 0 heterocycles. The van der Waals surface area contributed by atoms with E-state index in [1.165, 1.54) is 0 Å². The van der Waals surface area contributed by atoms with Gasteiger partial charge in [-0.1, -0.05) is 30.3 Å². The first-order valence-corrected chi connectivity index (χ1v) is 5.90. The van der Waals surface area contributed by atoms with E-state index < -0.39 is 0 Å². The van der Waals surface area contributed by atoms with Crippen LogP contribution < -0.4 is 4.74 Å². The van der Waals surface area contributed by atoms with Crippen LogP contribution >= 0.6 is 0 Å². The normalized spacial score (nSPS) is 10.7. The number of carbonyl (C=O) groups excluding carboxylic acids is 1. The molecular weight excluding hydrogens is 228 g/mol. The van der Waals surface area contributed by atoms with Crippen molar-refractivity contribution in [1.29, 1.82) is 0 Å². The fraction of sp³-hybridized carbons (Fsp3) is 0.267. The van der Waals surface area contributed by atoms with E-state index in [9.17, 15) is 4.79 Å². The highest BCUT2D eigenvalue weighted by molar-refractivity contribution is 6.07. The molecule has 94 valence electrons. The molecule has 3 nitrogen and oxygen atoms in total. The molecule has 0 aromatic heterocycles. The number of carbonyl (C=O) groups is 1. The predicted octanol–water partition coefficient (Wildman–Crippen LogP) is 3.41. The standard InChI is InChI=1S/C15H16O3/c1-10(2)18-15(16)14-12-7-5-4-6-11(12)8-9-13(14)17-3/h4-10H,1-3H3. The zero-order chi connectivity index (χ0) is 13.1. The van der Waals surface area contributed by atoms with E-state index in [-0.39, 0.29) is 12.1 Å². The van der Waals surface area contributed by atoms with Gasteiger partial charge in [0.25, 0.3) is 0 Å². The molecule has 2 aromatic rings. The van der Waals surface area contributed by atoms with E-state index >= 15 is 0 Å². The quantitative estimate of drug-likeness (QED) is 0.776. The fourth-order valence-electron chi connectivity index (χ4n) is 1.91. The molecule has 2 aromatic carbocycles. The van der Waals surface area contributed by atoms with E-state index in [1.54, 1.807) is 13.2 Å². The van der Waals surface area contributed by atoms with E-state index in [2.05, 4.69) is 0 Å². The summed E-state index contributed by atoms with van der Waals surface area (Å²) in [6.07, 6.45) is -0.152. The maximum atomic E-state index is 12.1. The molecule has 0 saturated heterocycles. The maximum Gasteiger partial charge on any atom is 0.342 e. The van der Waals surface area contributed by atoms with Crippen LogP contribution in [0.15, 0.2) is 36.4 Å². The van der Waals surface area contributed by atoms with Crippen LogP contribution in [0.25, 0.3) is 10.8 Å². The highest BCUT2D eigenvalue weighted by Crippen LogP contribution is 2.28. The van der Waals surface area contributed by atoms with Crippen LogP contribution in [-0.2, 0) is 4.74 Å². The Morgan fingerprint density at radius 1 is 1.11 bits per heavy atom. The largest absolute Gasteiger partial charge is 0.496 e. The molecule has 0 aliphatic heterocycles. The lowest BCUT2D eigenvalue weighted by molar-refractivity contribution is 0.0377. The number of rotatable bonds is 3. The van der Waals surface area contributed by atoms with Gasteiger partial charge < -0.3 is 9.47 Å². The number of benzene rings is 2. The highest BCUT2D eigenvalue weighted by atomic mass is 16.5. The van der Waals surface area contributed by atoms with Crippen molar-refractivity contribution < 1.29 is 14.3 Å². The van der Waals surface area contributed by atoms with Gasteiger partial charge in [-0.2, -0.15) is 0 Å². The van der Waals surface area contributed by atoms with E-state index in [4.69, 9.17) is 9.47 Å². The molecule has 0 atom stereocenters. The van der Waals surface area contributed by atoms with Gasteiger partial charge in [-0.25, -0.2) is 4.79 Å². The van der Waals surface area contributed by atoms with Gasteiger partial charge >= 0.3 is 5.97 Å². The molecule has 0 radical (unpaired) electrons. The molecule has 0 amide bonds. The zero-order valence-electron chi connectivity index (χ0n) is 10.8. The summed E-state index contributed by atoms with van der Waals surface area (Å²) in [6, 6.07) is 11.4. The van der Waals surface area contributed by atoms with Crippen molar-refractivity contribution in [1.82, 2.24) is 0 Å². The van der Waals surface area contributed by atoms with Gasteiger partial charge in [0.1, 0.15) is 11.3 Å². The predicted molar refractivity (Wildman–Crippen MR) is 71.1 cm³/mol. The summed E-state index contributed by atoms with van der Waals surface area (Å²) in [4.78, 5) is 12.1. The fourth-order valence-corrected chi connectivity index (χ4v) is 1.91. The van der Waals surface area contributed by atoms with Gasteiger partial charge in [-0.3, -0.25) is 0 Å². The molecule has 0 spiro atoms. The number of ether oxygens (including phenoxy) is 2. The number of esters is 1. The monoisotopic (exact) mass is 244 g/mol. The highest BCUT2D eigenvalue weighted by Gasteiger charge is 2.18. The Hall–Kier alpha value is -2.03. The summed E-state index contributed by atoms with van der Waals surface area (Å²) in [5.41, 5.74) is 0.490. The van der Waals surface area contributed by atoms with Gasteiger partial charge in [0.05, 0.1) is 13.2 Å².